The van der Waals surface area contributed by atoms with E-state index in [1.807, 2.05) is 57.2 Å². The van der Waals surface area contributed by atoms with E-state index in [0.29, 0.717) is 27.7 Å². The quantitative estimate of drug-likeness (QED) is 0.250. The first-order valence-corrected chi connectivity index (χ1v) is 16.4. The lowest BCUT2D eigenvalue weighted by molar-refractivity contribution is -0.142. The third-order valence-electron chi connectivity index (χ3n) is 6.67. The number of nitrogens with one attached hydrogen (secondary N) is 1. The number of benzene rings is 3. The molecule has 10 heteroatoms. The molecule has 0 saturated carbocycles. The number of halogens is 2. The largest absolute Gasteiger partial charge is 0.350 e. The van der Waals surface area contributed by atoms with Crippen molar-refractivity contribution < 1.29 is 18.0 Å². The first-order valence-electron chi connectivity index (χ1n) is 13.8. The van der Waals surface area contributed by atoms with Crippen LogP contribution in [0.4, 0.5) is 5.69 Å². The Kier molecular flexibility index (Phi) is 11.5. The van der Waals surface area contributed by atoms with E-state index in [0.717, 1.165) is 17.4 Å². The highest BCUT2D eigenvalue weighted by Crippen LogP contribution is 2.29. The molecule has 226 valence electrons. The summed E-state index contributed by atoms with van der Waals surface area (Å²) >= 11 is 12.5. The molecule has 42 heavy (non-hydrogen) atoms. The highest BCUT2D eigenvalue weighted by Gasteiger charge is 2.32. The van der Waals surface area contributed by atoms with Gasteiger partial charge in [0, 0.05) is 41.5 Å². The minimum atomic E-state index is -3.65. The summed E-state index contributed by atoms with van der Waals surface area (Å²) in [7, 11) is -3.65. The second kappa shape index (κ2) is 14.4. The van der Waals surface area contributed by atoms with Gasteiger partial charge in [-0.25, -0.2) is 8.42 Å². The number of rotatable bonds is 12. The maximum atomic E-state index is 13.9. The zero-order valence-corrected chi connectivity index (χ0v) is 27.1. The molecule has 3 rings (SSSR count). The molecule has 7 nitrogen and oxygen atoms in total. The Morgan fingerprint density at radius 2 is 1.57 bits per heavy atom. The number of amides is 2. The third kappa shape index (κ3) is 9.75. The van der Waals surface area contributed by atoms with E-state index >= 15 is 0 Å². The normalized spacial score (nSPS) is 12.5. The second-order valence-corrected chi connectivity index (χ2v) is 14.2. The van der Waals surface area contributed by atoms with Crippen molar-refractivity contribution in [3.05, 3.63) is 99.5 Å². The van der Waals surface area contributed by atoms with Gasteiger partial charge in [0.15, 0.2) is 0 Å². The van der Waals surface area contributed by atoms with E-state index in [9.17, 15) is 18.0 Å². The Morgan fingerprint density at radius 3 is 2.19 bits per heavy atom. The lowest BCUT2D eigenvalue weighted by atomic mass is 10.00. The highest BCUT2D eigenvalue weighted by atomic mass is 35.5. The van der Waals surface area contributed by atoms with Crippen LogP contribution in [0.2, 0.25) is 10.0 Å². The molecule has 1 N–H and O–H groups in total. The van der Waals surface area contributed by atoms with Crippen LogP contribution in [0.15, 0.2) is 72.8 Å². The number of hydrogen-bond acceptors (Lipinski definition) is 4. The van der Waals surface area contributed by atoms with Gasteiger partial charge in [-0.1, -0.05) is 71.7 Å². The zero-order valence-electron chi connectivity index (χ0n) is 24.7. The van der Waals surface area contributed by atoms with Gasteiger partial charge < -0.3 is 10.2 Å². The highest BCUT2D eigenvalue weighted by molar-refractivity contribution is 7.92. The van der Waals surface area contributed by atoms with Gasteiger partial charge in [-0.05, 0) is 75.1 Å². The minimum Gasteiger partial charge on any atom is -0.350 e. The Hall–Kier alpha value is -3.07. The summed E-state index contributed by atoms with van der Waals surface area (Å²) in [4.78, 5) is 29.2. The fraction of sp³-hybridized carbons (Fsp3) is 0.375. The fourth-order valence-electron chi connectivity index (χ4n) is 4.69. The minimum absolute atomic E-state index is 0.0281. The second-order valence-electron chi connectivity index (χ2n) is 11.4. The van der Waals surface area contributed by atoms with Crippen LogP contribution >= 0.6 is 23.2 Å². The summed E-state index contributed by atoms with van der Waals surface area (Å²) in [5.41, 5.74) is 2.29. The summed E-state index contributed by atoms with van der Waals surface area (Å²) in [5.74, 6) is -0.537. The monoisotopic (exact) mass is 631 g/mol. The molecule has 2 amide bonds. The van der Waals surface area contributed by atoms with Gasteiger partial charge in [-0.2, -0.15) is 0 Å². The summed E-state index contributed by atoms with van der Waals surface area (Å²) in [6, 6.07) is 21.0. The van der Waals surface area contributed by atoms with Crippen molar-refractivity contribution in [1.29, 1.82) is 0 Å². The SMILES string of the molecule is Cc1c(Cl)cccc1N(CCCC(=O)N(Cc1cccc(Cl)c1)[C@H](Cc1ccccc1)C(=O)NC(C)(C)C)S(C)(=O)=O. The number of nitrogens with zero attached hydrogens (tertiary/aromatic N) is 2. The van der Waals surface area contributed by atoms with Gasteiger partial charge in [0.2, 0.25) is 21.8 Å². The number of anilines is 1. The molecule has 1 atom stereocenters. The van der Waals surface area contributed by atoms with Crippen molar-refractivity contribution in [2.45, 2.75) is 65.1 Å². The van der Waals surface area contributed by atoms with Crippen LogP contribution in [-0.2, 0) is 32.6 Å². The van der Waals surface area contributed by atoms with Crippen molar-refractivity contribution >= 4 is 50.7 Å². The third-order valence-corrected chi connectivity index (χ3v) is 8.50. The molecule has 0 aromatic heterocycles. The molecule has 0 unspecified atom stereocenters. The Morgan fingerprint density at radius 1 is 0.929 bits per heavy atom. The first kappa shape index (κ1) is 33.4. The number of sulfonamides is 1. The molecule has 3 aromatic rings. The van der Waals surface area contributed by atoms with E-state index in [2.05, 4.69) is 5.32 Å². The van der Waals surface area contributed by atoms with E-state index in [1.54, 1.807) is 48.2 Å². The van der Waals surface area contributed by atoms with Crippen LogP contribution < -0.4 is 9.62 Å². The number of carbonyl (C=O) groups is 2. The van der Waals surface area contributed by atoms with Crippen LogP contribution in [0.3, 0.4) is 0 Å². The molecule has 0 aliphatic heterocycles. The smallest absolute Gasteiger partial charge is 0.243 e. The average molecular weight is 633 g/mol. The molecule has 0 heterocycles. The standard InChI is InChI=1S/C32H39Cl2N3O4S/c1-23-27(34)16-10-17-28(23)37(42(5,40)41)19-11-18-30(38)36(22-25-14-9-15-26(33)20-25)29(31(39)35-32(2,3)4)21-24-12-7-6-8-13-24/h6-10,12-17,20,29H,11,18-19,21-22H2,1-5H3,(H,35,39)/t29-/m1/s1. The summed E-state index contributed by atoms with van der Waals surface area (Å²) in [6.07, 6.45) is 1.71. The van der Waals surface area contributed by atoms with Crippen molar-refractivity contribution in [1.82, 2.24) is 10.2 Å². The average Bonchev–Trinajstić information content (AvgIpc) is 2.89. The molecule has 3 aromatic carbocycles. The molecule has 0 spiro atoms. The molecular formula is C32H39Cl2N3O4S. The van der Waals surface area contributed by atoms with Crippen LogP contribution in [0.25, 0.3) is 0 Å². The number of hydrogen-bond donors (Lipinski definition) is 1. The maximum Gasteiger partial charge on any atom is 0.243 e. The van der Waals surface area contributed by atoms with Crippen molar-refractivity contribution in [3.63, 3.8) is 0 Å². The summed E-state index contributed by atoms with van der Waals surface area (Å²) in [6.45, 7) is 7.68. The van der Waals surface area contributed by atoms with E-state index in [1.165, 1.54) is 4.31 Å². The van der Waals surface area contributed by atoms with Gasteiger partial charge >= 0.3 is 0 Å². The van der Waals surface area contributed by atoms with Crippen molar-refractivity contribution in [3.8, 4) is 0 Å². The summed E-state index contributed by atoms with van der Waals surface area (Å²) < 4.78 is 26.7. The van der Waals surface area contributed by atoms with Gasteiger partial charge in [0.1, 0.15) is 6.04 Å². The van der Waals surface area contributed by atoms with Crippen LogP contribution in [0, 0.1) is 6.92 Å². The lowest BCUT2D eigenvalue weighted by Crippen LogP contribution is -2.54. The lowest BCUT2D eigenvalue weighted by Gasteiger charge is -2.34. The Bertz CT molecular complexity index is 1490. The zero-order chi connectivity index (χ0) is 31.1. The van der Waals surface area contributed by atoms with Crippen LogP contribution in [0.1, 0.15) is 50.3 Å². The van der Waals surface area contributed by atoms with Crippen LogP contribution in [-0.4, -0.2) is 49.5 Å². The molecule has 0 aliphatic rings. The molecular weight excluding hydrogens is 593 g/mol. The van der Waals surface area contributed by atoms with Gasteiger partial charge in [-0.3, -0.25) is 13.9 Å². The predicted octanol–water partition coefficient (Wildman–Crippen LogP) is 6.40. The van der Waals surface area contributed by atoms with Crippen molar-refractivity contribution in [2.24, 2.45) is 0 Å². The Labute approximate surface area is 259 Å². The molecule has 0 fully saturated rings. The van der Waals surface area contributed by atoms with Crippen molar-refractivity contribution in [2.75, 3.05) is 17.1 Å². The van der Waals surface area contributed by atoms with E-state index in [4.69, 9.17) is 23.2 Å². The van der Waals surface area contributed by atoms with Gasteiger partial charge in [-0.15, -0.1) is 0 Å². The molecule has 0 radical (unpaired) electrons. The molecule has 0 saturated heterocycles. The predicted molar refractivity (Wildman–Crippen MR) is 171 cm³/mol. The first-order chi connectivity index (χ1) is 19.7. The molecule has 0 bridgehead atoms. The topological polar surface area (TPSA) is 86.8 Å². The summed E-state index contributed by atoms with van der Waals surface area (Å²) in [5, 5.41) is 4.02. The molecule has 0 aliphatic carbocycles. The van der Waals surface area contributed by atoms with Gasteiger partial charge in [0.05, 0.1) is 11.9 Å². The number of carbonyl (C=O) groups excluding carboxylic acids is 2. The van der Waals surface area contributed by atoms with E-state index < -0.39 is 21.6 Å². The Balaban J connectivity index is 1.92. The van der Waals surface area contributed by atoms with Gasteiger partial charge in [0.25, 0.3) is 0 Å². The maximum absolute atomic E-state index is 13.9. The van der Waals surface area contributed by atoms with E-state index in [-0.39, 0.29) is 37.7 Å². The van der Waals surface area contributed by atoms with Crippen LogP contribution in [0.5, 0.6) is 0 Å². The fourth-order valence-corrected chi connectivity index (χ4v) is 6.09.